The van der Waals surface area contributed by atoms with Crippen molar-refractivity contribution in [1.82, 2.24) is 0 Å². The number of hydrogen-bond acceptors (Lipinski definition) is 3. The van der Waals surface area contributed by atoms with Gasteiger partial charge in [-0.15, -0.1) is 0 Å². The van der Waals surface area contributed by atoms with Crippen molar-refractivity contribution in [2.75, 3.05) is 4.90 Å². The molecule has 0 N–H and O–H groups in total. The summed E-state index contributed by atoms with van der Waals surface area (Å²) < 4.78 is 12.8. The highest BCUT2D eigenvalue weighted by Gasteiger charge is 2.24. The Kier molecular flexibility index (Phi) is 5.00. The average molecular weight is 576 g/mol. The van der Waals surface area contributed by atoms with E-state index in [1.165, 1.54) is 32.3 Å². The van der Waals surface area contributed by atoms with Crippen molar-refractivity contribution in [1.29, 1.82) is 0 Å². The molecule has 2 aromatic heterocycles. The summed E-state index contributed by atoms with van der Waals surface area (Å²) in [5, 5.41) is 11.8. The Morgan fingerprint density at radius 2 is 0.733 bits per heavy atom. The zero-order valence-corrected chi connectivity index (χ0v) is 24.2. The second-order valence-electron chi connectivity index (χ2n) is 11.7. The summed E-state index contributed by atoms with van der Waals surface area (Å²) in [4.78, 5) is 2.41. The molecule has 45 heavy (non-hydrogen) atoms. The molecule has 0 unspecified atom stereocenters. The zero-order valence-electron chi connectivity index (χ0n) is 24.2. The van der Waals surface area contributed by atoms with E-state index in [0.29, 0.717) is 0 Å². The fourth-order valence-electron chi connectivity index (χ4n) is 7.31. The number of para-hydroxylation sites is 2. The van der Waals surface area contributed by atoms with Gasteiger partial charge in [0.05, 0.1) is 27.8 Å². The third kappa shape index (κ3) is 3.46. The number of rotatable bonds is 3. The second kappa shape index (κ2) is 9.22. The van der Waals surface area contributed by atoms with Gasteiger partial charge in [-0.3, -0.25) is 0 Å². The highest BCUT2D eigenvalue weighted by Crippen LogP contribution is 2.49. The molecule has 210 valence electrons. The maximum Gasteiger partial charge on any atom is 0.137 e. The van der Waals surface area contributed by atoms with Crippen molar-refractivity contribution in [2.24, 2.45) is 0 Å². The summed E-state index contributed by atoms with van der Waals surface area (Å²) in [5.41, 5.74) is 6.69. The van der Waals surface area contributed by atoms with Crippen LogP contribution < -0.4 is 4.90 Å². The Labute approximate surface area is 258 Å². The van der Waals surface area contributed by atoms with Crippen molar-refractivity contribution >= 4 is 93.3 Å². The van der Waals surface area contributed by atoms with Gasteiger partial charge in [0, 0.05) is 16.2 Å². The topological polar surface area (TPSA) is 29.5 Å². The van der Waals surface area contributed by atoms with E-state index < -0.39 is 0 Å². The Morgan fingerprint density at radius 3 is 1.42 bits per heavy atom. The van der Waals surface area contributed by atoms with Crippen LogP contribution in [0.3, 0.4) is 0 Å². The van der Waals surface area contributed by atoms with Crippen molar-refractivity contribution in [3.63, 3.8) is 0 Å². The van der Waals surface area contributed by atoms with Gasteiger partial charge >= 0.3 is 0 Å². The molecule has 0 fully saturated rings. The van der Waals surface area contributed by atoms with Crippen LogP contribution in [-0.2, 0) is 0 Å². The third-order valence-corrected chi connectivity index (χ3v) is 9.24. The number of fused-ring (bicyclic) bond motifs is 11. The van der Waals surface area contributed by atoms with Gasteiger partial charge in [-0.25, -0.2) is 0 Å². The lowest BCUT2D eigenvalue weighted by Crippen LogP contribution is -2.11. The van der Waals surface area contributed by atoms with Gasteiger partial charge in [0.2, 0.25) is 0 Å². The van der Waals surface area contributed by atoms with E-state index in [0.717, 1.165) is 60.9 Å². The highest BCUT2D eigenvalue weighted by molar-refractivity contribution is 6.22. The SMILES string of the molecule is c1ccc2c(c1)ccc1c3cccc(N(c4cccc5oc6ccccc6c45)c4cccc5oc6ccccc6c45)c3ccc21. The molecular formula is C42H25NO2. The molecule has 2 heterocycles. The molecule has 0 radical (unpaired) electrons. The first kappa shape index (κ1) is 24.4. The summed E-state index contributed by atoms with van der Waals surface area (Å²) in [6.45, 7) is 0. The monoisotopic (exact) mass is 575 g/mol. The predicted molar refractivity (Wildman–Crippen MR) is 188 cm³/mol. The van der Waals surface area contributed by atoms with Crippen molar-refractivity contribution < 1.29 is 8.83 Å². The summed E-state index contributed by atoms with van der Waals surface area (Å²) >= 11 is 0. The number of furan rings is 2. The summed E-state index contributed by atoms with van der Waals surface area (Å²) in [6.07, 6.45) is 0. The van der Waals surface area contributed by atoms with Crippen LogP contribution in [0.15, 0.2) is 160 Å². The first-order valence-electron chi connectivity index (χ1n) is 15.3. The number of nitrogens with zero attached hydrogens (tertiary/aromatic N) is 1. The first-order valence-corrected chi connectivity index (χ1v) is 15.3. The molecule has 0 atom stereocenters. The maximum atomic E-state index is 6.40. The lowest BCUT2D eigenvalue weighted by molar-refractivity contribution is 0.668. The predicted octanol–water partition coefficient (Wildman–Crippen LogP) is 12.4. The molecule has 0 saturated carbocycles. The fourth-order valence-corrected chi connectivity index (χ4v) is 7.31. The Hall–Kier alpha value is -6.06. The van der Waals surface area contributed by atoms with Gasteiger partial charge in [0.1, 0.15) is 22.3 Å². The van der Waals surface area contributed by atoms with Gasteiger partial charge in [-0.05, 0) is 69.4 Å². The minimum absolute atomic E-state index is 0.861. The van der Waals surface area contributed by atoms with Crippen molar-refractivity contribution in [2.45, 2.75) is 0 Å². The summed E-state index contributed by atoms with van der Waals surface area (Å²) in [5.74, 6) is 0. The lowest BCUT2D eigenvalue weighted by Gasteiger charge is -2.28. The fraction of sp³-hybridized carbons (Fsp3) is 0. The smallest absolute Gasteiger partial charge is 0.137 e. The maximum absolute atomic E-state index is 6.40. The Balaban J connectivity index is 1.36. The number of anilines is 3. The van der Waals surface area contributed by atoms with E-state index in [4.69, 9.17) is 8.83 Å². The van der Waals surface area contributed by atoms with Crippen LogP contribution in [-0.4, -0.2) is 0 Å². The van der Waals surface area contributed by atoms with E-state index >= 15 is 0 Å². The normalized spacial score (nSPS) is 12.0. The minimum Gasteiger partial charge on any atom is -0.456 e. The van der Waals surface area contributed by atoms with Crippen LogP contribution >= 0.6 is 0 Å². The van der Waals surface area contributed by atoms with Gasteiger partial charge in [0.25, 0.3) is 0 Å². The Bertz CT molecular complexity index is 2670. The first-order chi connectivity index (χ1) is 22.3. The second-order valence-corrected chi connectivity index (χ2v) is 11.7. The van der Waals surface area contributed by atoms with Gasteiger partial charge in [-0.2, -0.15) is 0 Å². The van der Waals surface area contributed by atoms with E-state index in [9.17, 15) is 0 Å². The molecule has 0 bridgehead atoms. The van der Waals surface area contributed by atoms with Crippen LogP contribution in [0, 0.1) is 0 Å². The molecule has 10 rings (SSSR count). The van der Waals surface area contributed by atoms with Crippen LogP contribution in [0.25, 0.3) is 76.2 Å². The third-order valence-electron chi connectivity index (χ3n) is 9.24. The van der Waals surface area contributed by atoms with Gasteiger partial charge in [0.15, 0.2) is 0 Å². The molecule has 0 aliphatic heterocycles. The van der Waals surface area contributed by atoms with E-state index in [2.05, 4.69) is 132 Å². The molecule has 0 aliphatic rings. The minimum atomic E-state index is 0.861. The van der Waals surface area contributed by atoms with Crippen molar-refractivity contribution in [3.8, 4) is 0 Å². The van der Waals surface area contributed by atoms with Gasteiger partial charge in [-0.1, -0.05) is 109 Å². The molecule has 0 saturated heterocycles. The molecule has 0 aliphatic carbocycles. The van der Waals surface area contributed by atoms with E-state index in [1.807, 2.05) is 24.3 Å². The molecule has 10 aromatic rings. The summed E-state index contributed by atoms with van der Waals surface area (Å²) in [6, 6.07) is 53.7. The molecule has 3 heteroatoms. The molecule has 8 aromatic carbocycles. The Morgan fingerprint density at radius 1 is 0.289 bits per heavy atom. The highest BCUT2D eigenvalue weighted by atomic mass is 16.3. The molecular weight excluding hydrogens is 550 g/mol. The van der Waals surface area contributed by atoms with Crippen LogP contribution in [0.4, 0.5) is 17.1 Å². The standard InChI is InChI=1S/C42H25NO2/c1-2-11-27-26(10-1)22-23-30-28-14-7-15-34(31(28)25-24-29(27)30)43(35-16-8-20-39-41(35)32-12-3-5-18-37(32)44-39)36-17-9-21-40-42(36)33-13-4-6-19-38(33)45-40/h1-25H. The zero-order chi connectivity index (χ0) is 29.5. The van der Waals surface area contributed by atoms with Crippen LogP contribution in [0.1, 0.15) is 0 Å². The lowest BCUT2D eigenvalue weighted by atomic mass is 9.95. The average Bonchev–Trinajstić information content (AvgIpc) is 3.67. The van der Waals surface area contributed by atoms with Gasteiger partial charge < -0.3 is 13.7 Å². The molecule has 3 nitrogen and oxygen atoms in total. The number of benzene rings is 8. The van der Waals surface area contributed by atoms with E-state index in [-0.39, 0.29) is 0 Å². The molecule has 0 spiro atoms. The van der Waals surface area contributed by atoms with Crippen LogP contribution in [0.2, 0.25) is 0 Å². The number of hydrogen-bond donors (Lipinski definition) is 0. The van der Waals surface area contributed by atoms with Crippen molar-refractivity contribution in [3.05, 3.63) is 152 Å². The summed E-state index contributed by atoms with van der Waals surface area (Å²) in [7, 11) is 0. The van der Waals surface area contributed by atoms with E-state index in [1.54, 1.807) is 0 Å². The quantitative estimate of drug-likeness (QED) is 0.196. The largest absolute Gasteiger partial charge is 0.456 e. The van der Waals surface area contributed by atoms with Crippen LogP contribution in [0.5, 0.6) is 0 Å². The molecule has 0 amide bonds.